The van der Waals surface area contributed by atoms with E-state index in [4.69, 9.17) is 16.7 Å². The van der Waals surface area contributed by atoms with Crippen LogP contribution in [0.2, 0.25) is 5.15 Å². The van der Waals surface area contributed by atoms with Crippen LogP contribution in [0.15, 0.2) is 6.07 Å². The molecule has 0 atom stereocenters. The van der Waals surface area contributed by atoms with Gasteiger partial charge in [-0.25, -0.2) is 14.3 Å². The summed E-state index contributed by atoms with van der Waals surface area (Å²) < 4.78 is 38.5. The van der Waals surface area contributed by atoms with Gasteiger partial charge in [-0.2, -0.15) is 18.3 Å². The molecule has 0 unspecified atom stereocenters. The van der Waals surface area contributed by atoms with E-state index in [9.17, 15) is 18.0 Å². The van der Waals surface area contributed by atoms with Crippen molar-refractivity contribution in [1.29, 1.82) is 0 Å². The Morgan fingerprint density at radius 2 is 2.11 bits per heavy atom. The first-order valence-electron chi connectivity index (χ1n) is 4.58. The molecule has 2 aromatic heterocycles. The number of aryl methyl sites for hydroxylation is 1. The van der Waals surface area contributed by atoms with Crippen molar-refractivity contribution in [3.63, 3.8) is 0 Å². The minimum atomic E-state index is -4.71. The second-order valence-electron chi connectivity index (χ2n) is 3.46. The Morgan fingerprint density at radius 3 is 2.61 bits per heavy atom. The summed E-state index contributed by atoms with van der Waals surface area (Å²) in [5.41, 5.74) is -2.05. The van der Waals surface area contributed by atoms with Gasteiger partial charge in [0.1, 0.15) is 16.4 Å². The number of fused-ring (bicyclic) bond motifs is 1. The van der Waals surface area contributed by atoms with Gasteiger partial charge in [-0.3, -0.25) is 0 Å². The monoisotopic (exact) mass is 279 g/mol. The normalized spacial score (nSPS) is 12.1. The molecule has 0 saturated carbocycles. The van der Waals surface area contributed by atoms with E-state index in [1.165, 1.54) is 6.92 Å². The topological polar surface area (TPSA) is 67.5 Å². The standard InChI is InChI=1S/C9H5ClF3N3O2/c1-3-6(8(17)18)7-14-4(9(11,12)13)2-5(10)16(7)15-3/h2H,1H3,(H,17,18). The molecule has 1 N–H and O–H groups in total. The Kier molecular flexibility index (Phi) is 2.69. The molecule has 0 fully saturated rings. The number of halogens is 4. The van der Waals surface area contributed by atoms with E-state index in [1.54, 1.807) is 0 Å². The zero-order valence-electron chi connectivity index (χ0n) is 8.79. The fourth-order valence-electron chi connectivity index (χ4n) is 1.48. The van der Waals surface area contributed by atoms with Crippen molar-refractivity contribution >= 4 is 23.2 Å². The van der Waals surface area contributed by atoms with Crippen molar-refractivity contribution in [1.82, 2.24) is 14.6 Å². The number of carboxylic acids is 1. The molecule has 18 heavy (non-hydrogen) atoms. The van der Waals surface area contributed by atoms with E-state index in [2.05, 4.69) is 10.1 Å². The van der Waals surface area contributed by atoms with Crippen molar-refractivity contribution in [2.45, 2.75) is 13.1 Å². The lowest BCUT2D eigenvalue weighted by atomic mass is 10.2. The number of aromatic carboxylic acids is 1. The highest BCUT2D eigenvalue weighted by atomic mass is 35.5. The summed E-state index contributed by atoms with van der Waals surface area (Å²) in [6.45, 7) is 1.35. The van der Waals surface area contributed by atoms with E-state index < -0.39 is 29.1 Å². The molecule has 0 bridgehead atoms. The molecule has 0 aliphatic carbocycles. The number of carboxylic acid groups (broad SMARTS) is 1. The molecule has 5 nitrogen and oxygen atoms in total. The third-order valence-electron chi connectivity index (χ3n) is 2.22. The second-order valence-corrected chi connectivity index (χ2v) is 3.85. The number of hydrogen-bond donors (Lipinski definition) is 1. The maximum absolute atomic E-state index is 12.5. The van der Waals surface area contributed by atoms with Gasteiger partial charge in [0.05, 0.1) is 5.69 Å². The van der Waals surface area contributed by atoms with Crippen LogP contribution in [0.4, 0.5) is 13.2 Å². The number of aromatic nitrogens is 3. The molecule has 0 amide bonds. The summed E-state index contributed by atoms with van der Waals surface area (Å²) in [6, 6.07) is 0.590. The average molecular weight is 280 g/mol. The summed E-state index contributed by atoms with van der Waals surface area (Å²) in [7, 11) is 0. The van der Waals surface area contributed by atoms with Gasteiger partial charge in [0.2, 0.25) is 0 Å². The highest BCUT2D eigenvalue weighted by Crippen LogP contribution is 2.30. The van der Waals surface area contributed by atoms with Crippen molar-refractivity contribution in [2.75, 3.05) is 0 Å². The summed E-state index contributed by atoms with van der Waals surface area (Å²) in [5.74, 6) is -1.41. The molecule has 9 heteroatoms. The average Bonchev–Trinajstić information content (AvgIpc) is 2.53. The van der Waals surface area contributed by atoms with Gasteiger partial charge in [-0.1, -0.05) is 11.6 Å². The molecule has 0 aliphatic rings. The molecule has 96 valence electrons. The molecule has 2 heterocycles. The predicted octanol–water partition coefficient (Wildman–Crippen LogP) is 2.41. The van der Waals surface area contributed by atoms with Crippen LogP contribution in [0, 0.1) is 6.92 Å². The summed E-state index contributed by atoms with van der Waals surface area (Å²) >= 11 is 5.63. The first-order chi connectivity index (χ1) is 8.21. The molecule has 2 rings (SSSR count). The Hall–Kier alpha value is -1.83. The first kappa shape index (κ1) is 12.6. The van der Waals surface area contributed by atoms with Crippen LogP contribution in [-0.4, -0.2) is 25.7 Å². The van der Waals surface area contributed by atoms with Crippen LogP contribution in [0.1, 0.15) is 21.7 Å². The van der Waals surface area contributed by atoms with Gasteiger partial charge in [0, 0.05) is 6.07 Å². The van der Waals surface area contributed by atoms with E-state index in [-0.39, 0.29) is 10.8 Å². The van der Waals surface area contributed by atoms with Crippen molar-refractivity contribution in [3.05, 3.63) is 28.2 Å². The van der Waals surface area contributed by atoms with E-state index in [1.807, 2.05) is 0 Å². The van der Waals surface area contributed by atoms with Gasteiger partial charge in [-0.15, -0.1) is 0 Å². The number of hydrogen-bond acceptors (Lipinski definition) is 3. The van der Waals surface area contributed by atoms with Crippen LogP contribution in [0.25, 0.3) is 5.65 Å². The summed E-state index contributed by atoms with van der Waals surface area (Å²) in [4.78, 5) is 14.2. The lowest BCUT2D eigenvalue weighted by Crippen LogP contribution is -2.10. The molecule has 2 aromatic rings. The van der Waals surface area contributed by atoms with E-state index in [0.717, 1.165) is 4.52 Å². The quantitative estimate of drug-likeness (QED) is 0.814. The smallest absolute Gasteiger partial charge is 0.433 e. The van der Waals surface area contributed by atoms with Gasteiger partial charge in [0.25, 0.3) is 0 Å². The lowest BCUT2D eigenvalue weighted by molar-refractivity contribution is -0.141. The molecule has 0 spiro atoms. The van der Waals surface area contributed by atoms with E-state index >= 15 is 0 Å². The zero-order chi connectivity index (χ0) is 13.7. The maximum atomic E-state index is 12.5. The van der Waals surface area contributed by atoms with Gasteiger partial charge in [-0.05, 0) is 6.92 Å². The number of carbonyl (C=O) groups is 1. The van der Waals surface area contributed by atoms with Gasteiger partial charge >= 0.3 is 12.1 Å². The van der Waals surface area contributed by atoms with Crippen LogP contribution < -0.4 is 0 Å². The van der Waals surface area contributed by atoms with E-state index in [0.29, 0.717) is 6.07 Å². The second kappa shape index (κ2) is 3.84. The number of nitrogens with zero attached hydrogens (tertiary/aromatic N) is 3. The predicted molar refractivity (Wildman–Crippen MR) is 54.7 cm³/mol. The molecule has 0 radical (unpaired) electrons. The SMILES string of the molecule is Cc1nn2c(Cl)cc(C(F)(F)F)nc2c1C(=O)O. The fourth-order valence-corrected chi connectivity index (χ4v) is 1.70. The molecule has 0 aromatic carbocycles. The Bertz CT molecular complexity index is 651. The summed E-state index contributed by atoms with van der Waals surface area (Å²) in [5, 5.41) is 12.3. The summed E-state index contributed by atoms with van der Waals surface area (Å²) in [6.07, 6.45) is -4.71. The van der Waals surface area contributed by atoms with Crippen LogP contribution in [-0.2, 0) is 6.18 Å². The van der Waals surface area contributed by atoms with Crippen molar-refractivity contribution in [2.24, 2.45) is 0 Å². The highest BCUT2D eigenvalue weighted by Gasteiger charge is 2.34. The maximum Gasteiger partial charge on any atom is 0.433 e. The third kappa shape index (κ3) is 1.88. The minimum Gasteiger partial charge on any atom is -0.477 e. The van der Waals surface area contributed by atoms with Gasteiger partial charge in [0.15, 0.2) is 5.65 Å². The largest absolute Gasteiger partial charge is 0.477 e. The fraction of sp³-hybridized carbons (Fsp3) is 0.222. The Morgan fingerprint density at radius 1 is 1.50 bits per heavy atom. The Balaban J connectivity index is 2.85. The molecule has 0 aliphatic heterocycles. The van der Waals surface area contributed by atoms with Crippen LogP contribution in [0.5, 0.6) is 0 Å². The van der Waals surface area contributed by atoms with Gasteiger partial charge < -0.3 is 5.11 Å². The molecular weight excluding hydrogens is 275 g/mol. The highest BCUT2D eigenvalue weighted by molar-refractivity contribution is 6.29. The number of alkyl halides is 3. The Labute approximate surface area is 103 Å². The lowest BCUT2D eigenvalue weighted by Gasteiger charge is -2.06. The van der Waals surface area contributed by atoms with Crippen molar-refractivity contribution in [3.8, 4) is 0 Å². The minimum absolute atomic E-state index is 0.0382. The zero-order valence-corrected chi connectivity index (χ0v) is 9.54. The third-order valence-corrected chi connectivity index (χ3v) is 2.49. The molecular formula is C9H5ClF3N3O2. The van der Waals surface area contributed by atoms with Crippen LogP contribution in [0.3, 0.4) is 0 Å². The first-order valence-corrected chi connectivity index (χ1v) is 4.96. The van der Waals surface area contributed by atoms with Crippen molar-refractivity contribution < 1.29 is 23.1 Å². The van der Waals surface area contributed by atoms with Crippen LogP contribution >= 0.6 is 11.6 Å². The number of rotatable bonds is 1. The molecule has 0 saturated heterocycles.